The maximum Gasteiger partial charge on any atom is 0.410 e. The number of aryl methyl sites for hydroxylation is 1. The topological polar surface area (TPSA) is 121 Å². The first-order valence-electron chi connectivity index (χ1n) is 20.5. The van der Waals surface area contributed by atoms with Crippen molar-refractivity contribution in [1.82, 2.24) is 24.8 Å². The molecule has 9 rings (SSSR count). The Morgan fingerprint density at radius 3 is 2.55 bits per heavy atom. The van der Waals surface area contributed by atoms with Crippen molar-refractivity contribution < 1.29 is 42.0 Å². The molecule has 13 nitrogen and oxygen atoms in total. The first-order chi connectivity index (χ1) is 27.9. The number of nitrogens with zero attached hydrogens (tertiary/aromatic N) is 6. The Bertz CT molecular complexity index is 2240. The number of piperazine rings is 1. The number of methoxy groups -OCH3 is 1. The lowest BCUT2D eigenvalue weighted by Crippen LogP contribution is -2.65. The van der Waals surface area contributed by atoms with Gasteiger partial charge < -0.3 is 33.3 Å². The summed E-state index contributed by atoms with van der Waals surface area (Å²) < 4.78 is 69.0. The highest BCUT2D eigenvalue weighted by Crippen LogP contribution is 2.49. The average Bonchev–Trinajstić information content (AvgIpc) is 3.91. The van der Waals surface area contributed by atoms with Gasteiger partial charge in [-0.25, -0.2) is 18.6 Å². The SMILES string of the molecule is CCc1c(F)ccc2cc(OCOC)cc(-c3nc4c5c(nc(OCC6(CN7CCOCC7)CC6)nc5c3F)N3C[C@H]5CC[C@@H]([C@H]3[C@H](C)O4)N5C(=O)OC(C)(C)C)c12. The van der Waals surface area contributed by atoms with Crippen LogP contribution in [-0.2, 0) is 20.6 Å². The molecule has 0 radical (unpaired) electrons. The summed E-state index contributed by atoms with van der Waals surface area (Å²) in [5.74, 6) is -0.130. The van der Waals surface area contributed by atoms with Crippen molar-refractivity contribution >= 4 is 33.6 Å². The Balaban J connectivity index is 1.19. The Labute approximate surface area is 336 Å². The lowest BCUT2D eigenvalue weighted by atomic mass is 9.94. The fourth-order valence-electron chi connectivity index (χ4n) is 9.47. The molecule has 0 unspecified atom stereocenters. The zero-order valence-corrected chi connectivity index (χ0v) is 34.1. The molecule has 0 N–H and O–H groups in total. The van der Waals surface area contributed by atoms with E-state index in [-0.39, 0.29) is 59.5 Å². The number of halogens is 2. The van der Waals surface area contributed by atoms with Gasteiger partial charge in [-0.2, -0.15) is 9.97 Å². The van der Waals surface area contributed by atoms with Gasteiger partial charge in [0.05, 0.1) is 37.9 Å². The molecule has 6 heterocycles. The standard InChI is InChI=1S/C43H52F2N6O7/c1-7-28-30(44)10-8-25-18-27(56-23-53-6)19-29(32(25)28)35-34(45)36-33-38(48-40(47-36)55-22-43(12-13-43)21-49-14-16-54-17-15-49)50-20-26-9-11-31(37(50)24(2)57-39(33)46-35)51(26)41(52)58-42(3,4)5/h8,10,18-19,24,26,31,37H,7,9,11-17,20-23H2,1-6H3/t24-,26+,31-,37+/m0/s1. The number of amides is 1. The van der Waals surface area contributed by atoms with Crippen molar-refractivity contribution in [3.63, 3.8) is 0 Å². The minimum absolute atomic E-state index is 0.0152. The molecule has 4 aromatic rings. The van der Waals surface area contributed by atoms with Crippen LogP contribution in [-0.4, -0.2) is 121 Å². The molecule has 3 saturated heterocycles. The molecule has 1 saturated carbocycles. The molecule has 0 spiro atoms. The van der Waals surface area contributed by atoms with Gasteiger partial charge in [-0.15, -0.1) is 0 Å². The fraction of sp³-hybridized carbons (Fsp3) is 0.581. The predicted molar refractivity (Wildman–Crippen MR) is 213 cm³/mol. The van der Waals surface area contributed by atoms with Gasteiger partial charge in [-0.3, -0.25) is 9.80 Å². The Morgan fingerprint density at radius 1 is 1.03 bits per heavy atom. The largest absolute Gasteiger partial charge is 0.472 e. The molecule has 1 aliphatic carbocycles. The van der Waals surface area contributed by atoms with Crippen LogP contribution in [0.3, 0.4) is 0 Å². The van der Waals surface area contributed by atoms with Crippen LogP contribution in [0.4, 0.5) is 19.4 Å². The van der Waals surface area contributed by atoms with E-state index in [2.05, 4.69) is 9.80 Å². The summed E-state index contributed by atoms with van der Waals surface area (Å²) in [5.41, 5.74) is -0.0634. The van der Waals surface area contributed by atoms with Crippen LogP contribution < -0.4 is 19.1 Å². The van der Waals surface area contributed by atoms with Crippen molar-refractivity contribution in [2.75, 3.05) is 64.8 Å². The van der Waals surface area contributed by atoms with E-state index in [1.54, 1.807) is 18.2 Å². The first-order valence-corrected chi connectivity index (χ1v) is 20.5. The second kappa shape index (κ2) is 14.9. The molecule has 4 fully saturated rings. The van der Waals surface area contributed by atoms with Gasteiger partial charge in [-0.05, 0) is 94.3 Å². The van der Waals surface area contributed by atoms with Gasteiger partial charge in [0.25, 0.3) is 0 Å². The monoisotopic (exact) mass is 802 g/mol. The number of aromatic nitrogens is 3. The number of hydrogen-bond acceptors (Lipinski definition) is 12. The number of benzene rings is 2. The second-order valence-corrected chi connectivity index (χ2v) is 17.5. The summed E-state index contributed by atoms with van der Waals surface area (Å²) in [6.07, 6.45) is 2.98. The molecule has 4 aliphatic heterocycles. The molecule has 15 heteroatoms. The van der Waals surface area contributed by atoms with E-state index in [1.807, 2.05) is 39.5 Å². The molecule has 2 aromatic carbocycles. The van der Waals surface area contributed by atoms with E-state index >= 15 is 8.78 Å². The normalized spacial score (nSPS) is 23.7. The number of morpholine rings is 1. The van der Waals surface area contributed by atoms with Crippen LogP contribution in [0, 0.1) is 17.0 Å². The zero-order valence-electron chi connectivity index (χ0n) is 34.1. The van der Waals surface area contributed by atoms with Crippen molar-refractivity contribution in [1.29, 1.82) is 0 Å². The summed E-state index contributed by atoms with van der Waals surface area (Å²) in [5, 5.41) is 1.49. The number of hydrogen-bond donors (Lipinski definition) is 0. The number of fused-ring (bicyclic) bond motifs is 6. The number of carbonyl (C=O) groups is 1. The lowest BCUT2D eigenvalue weighted by Gasteiger charge is -2.48. The van der Waals surface area contributed by atoms with Crippen molar-refractivity contribution in [3.05, 3.63) is 41.5 Å². The van der Waals surface area contributed by atoms with Crippen molar-refractivity contribution in [2.24, 2.45) is 5.41 Å². The summed E-state index contributed by atoms with van der Waals surface area (Å²) >= 11 is 0. The maximum atomic E-state index is 17.7. The minimum atomic E-state index is -0.719. The Hall–Kier alpha value is -4.60. The fourth-order valence-corrected chi connectivity index (χ4v) is 9.47. The van der Waals surface area contributed by atoms with Crippen LogP contribution in [0.25, 0.3) is 32.9 Å². The number of pyridine rings is 1. The minimum Gasteiger partial charge on any atom is -0.472 e. The highest BCUT2D eigenvalue weighted by Gasteiger charge is 2.54. The number of carbonyl (C=O) groups excluding carboxylic acids is 1. The molecule has 310 valence electrons. The first kappa shape index (κ1) is 38.9. The van der Waals surface area contributed by atoms with Gasteiger partial charge in [0.15, 0.2) is 12.6 Å². The number of anilines is 1. The summed E-state index contributed by atoms with van der Waals surface area (Å²) in [4.78, 5) is 34.9. The summed E-state index contributed by atoms with van der Waals surface area (Å²) in [6.45, 7) is 14.2. The quantitative estimate of drug-likeness (QED) is 0.155. The van der Waals surface area contributed by atoms with Crippen molar-refractivity contribution in [2.45, 2.75) is 96.6 Å². The van der Waals surface area contributed by atoms with Crippen LogP contribution >= 0.6 is 0 Å². The number of ether oxygens (including phenoxy) is 6. The Kier molecular flexibility index (Phi) is 9.99. The van der Waals surface area contributed by atoms with Crippen LogP contribution in [0.15, 0.2) is 24.3 Å². The second-order valence-electron chi connectivity index (χ2n) is 17.5. The molecule has 2 aromatic heterocycles. The van der Waals surface area contributed by atoms with E-state index in [9.17, 15) is 4.79 Å². The lowest BCUT2D eigenvalue weighted by molar-refractivity contribution is 0.000933. The Morgan fingerprint density at radius 2 is 1.83 bits per heavy atom. The zero-order chi connectivity index (χ0) is 40.5. The summed E-state index contributed by atoms with van der Waals surface area (Å²) in [6, 6.07) is 5.75. The average molecular weight is 803 g/mol. The van der Waals surface area contributed by atoms with E-state index in [0.29, 0.717) is 71.6 Å². The van der Waals surface area contributed by atoms with E-state index in [4.69, 9.17) is 43.4 Å². The highest BCUT2D eigenvalue weighted by atomic mass is 19.1. The smallest absolute Gasteiger partial charge is 0.410 e. The van der Waals surface area contributed by atoms with Crippen LogP contribution in [0.1, 0.15) is 65.9 Å². The van der Waals surface area contributed by atoms with E-state index in [0.717, 1.165) is 45.3 Å². The van der Waals surface area contributed by atoms with Gasteiger partial charge in [0.1, 0.15) is 45.7 Å². The molecule has 5 aliphatic rings. The van der Waals surface area contributed by atoms with Crippen molar-refractivity contribution in [3.8, 4) is 28.9 Å². The van der Waals surface area contributed by atoms with E-state index in [1.165, 1.54) is 13.2 Å². The molecular formula is C43H52F2N6O7. The summed E-state index contributed by atoms with van der Waals surface area (Å²) in [7, 11) is 1.51. The third kappa shape index (κ3) is 7.02. The van der Waals surface area contributed by atoms with Gasteiger partial charge >= 0.3 is 12.1 Å². The molecular weight excluding hydrogens is 751 g/mol. The highest BCUT2D eigenvalue weighted by molar-refractivity contribution is 6.03. The van der Waals surface area contributed by atoms with Gasteiger partial charge in [0.2, 0.25) is 5.88 Å². The predicted octanol–water partition coefficient (Wildman–Crippen LogP) is 6.90. The molecule has 4 atom stereocenters. The van der Waals surface area contributed by atoms with Crippen LogP contribution in [0.5, 0.6) is 17.6 Å². The maximum absolute atomic E-state index is 17.7. The third-order valence-corrected chi connectivity index (χ3v) is 12.3. The van der Waals surface area contributed by atoms with Gasteiger partial charge in [-0.1, -0.05) is 13.0 Å². The number of rotatable bonds is 10. The third-order valence-electron chi connectivity index (χ3n) is 12.3. The molecule has 2 bridgehead atoms. The molecule has 58 heavy (non-hydrogen) atoms. The van der Waals surface area contributed by atoms with E-state index < -0.39 is 23.3 Å². The van der Waals surface area contributed by atoms with Gasteiger partial charge in [0, 0.05) is 44.3 Å². The molecule has 1 amide bonds. The van der Waals surface area contributed by atoms with Crippen LogP contribution in [0.2, 0.25) is 0 Å².